The van der Waals surface area contributed by atoms with Crippen molar-refractivity contribution in [2.24, 2.45) is 0 Å². The van der Waals surface area contributed by atoms with Gasteiger partial charge in [0.2, 0.25) is 0 Å². The van der Waals surface area contributed by atoms with Gasteiger partial charge in [0.15, 0.2) is 0 Å². The molecule has 0 aliphatic heterocycles. The Hall–Kier alpha value is -2.74. The molecule has 0 spiro atoms. The van der Waals surface area contributed by atoms with E-state index in [2.05, 4.69) is 15.3 Å². The molecule has 1 amide bonds. The topological polar surface area (TPSA) is 117 Å². The van der Waals surface area contributed by atoms with Gasteiger partial charge in [-0.2, -0.15) is 0 Å². The second-order valence-corrected chi connectivity index (χ2v) is 4.25. The van der Waals surface area contributed by atoms with E-state index in [4.69, 9.17) is 10.2 Å². The van der Waals surface area contributed by atoms with Gasteiger partial charge in [-0.15, -0.1) is 0 Å². The number of aliphatic hydroxyl groups is 1. The molecule has 2 heterocycles. The van der Waals surface area contributed by atoms with E-state index in [0.717, 1.165) is 0 Å². The lowest BCUT2D eigenvalue weighted by molar-refractivity contribution is -0.139. The summed E-state index contributed by atoms with van der Waals surface area (Å²) in [7, 11) is 0. The van der Waals surface area contributed by atoms with Gasteiger partial charge < -0.3 is 15.5 Å². The lowest BCUT2D eigenvalue weighted by Gasteiger charge is -2.13. The molecule has 8 nitrogen and oxygen atoms in total. The maximum absolute atomic E-state index is 11.9. The zero-order valence-electron chi connectivity index (χ0n) is 11.0. The summed E-state index contributed by atoms with van der Waals surface area (Å²) in [6, 6.07) is 2.03. The number of hydrogen-bond acceptors (Lipinski definition) is 5. The van der Waals surface area contributed by atoms with Gasteiger partial charge in [0.25, 0.3) is 5.91 Å². The van der Waals surface area contributed by atoms with E-state index in [9.17, 15) is 9.59 Å². The fourth-order valence-corrected chi connectivity index (χ4v) is 1.70. The summed E-state index contributed by atoms with van der Waals surface area (Å²) in [5, 5.41) is 20.0. The Bertz CT molecular complexity index is 610. The fraction of sp³-hybridized carbons (Fsp3) is 0.231. The lowest BCUT2D eigenvalue weighted by Crippen LogP contribution is -2.41. The molecule has 110 valence electrons. The first-order valence-electron chi connectivity index (χ1n) is 6.20. The highest BCUT2D eigenvalue weighted by Crippen LogP contribution is 2.06. The average molecular weight is 290 g/mol. The normalized spacial score (nSPS) is 11.9. The number of carboxylic acids is 1. The first kappa shape index (κ1) is 14.7. The molecule has 0 aliphatic carbocycles. The highest BCUT2D eigenvalue weighted by atomic mass is 16.4. The Morgan fingerprint density at radius 3 is 2.71 bits per heavy atom. The summed E-state index contributed by atoms with van der Waals surface area (Å²) in [4.78, 5) is 30.8. The minimum Gasteiger partial charge on any atom is -0.480 e. The maximum Gasteiger partial charge on any atom is 0.326 e. The molecule has 2 aromatic rings. The van der Waals surface area contributed by atoms with Crippen LogP contribution in [0.5, 0.6) is 0 Å². The molecule has 8 heteroatoms. The number of nitrogens with zero attached hydrogens (tertiary/aromatic N) is 3. The monoisotopic (exact) mass is 290 g/mol. The molecular formula is C13H14N4O4. The third kappa shape index (κ3) is 3.63. The van der Waals surface area contributed by atoms with Crippen molar-refractivity contribution in [3.8, 4) is 5.82 Å². The van der Waals surface area contributed by atoms with Crippen molar-refractivity contribution in [2.45, 2.75) is 12.5 Å². The Kier molecular flexibility index (Phi) is 4.62. The smallest absolute Gasteiger partial charge is 0.326 e. The van der Waals surface area contributed by atoms with Crippen LogP contribution in [0.1, 0.15) is 16.8 Å². The summed E-state index contributed by atoms with van der Waals surface area (Å²) < 4.78 is 1.67. The van der Waals surface area contributed by atoms with Crippen LogP contribution < -0.4 is 5.32 Å². The number of pyridine rings is 1. The van der Waals surface area contributed by atoms with Gasteiger partial charge in [-0.05, 0) is 12.1 Å². The molecule has 1 atom stereocenters. The molecule has 0 aliphatic rings. The second kappa shape index (κ2) is 6.62. The summed E-state index contributed by atoms with van der Waals surface area (Å²) in [6.45, 7) is -0.324. The number of nitrogens with one attached hydrogen (secondary N) is 1. The van der Waals surface area contributed by atoms with Crippen molar-refractivity contribution in [3.63, 3.8) is 0 Å². The minimum absolute atomic E-state index is 0.0539. The molecule has 0 saturated carbocycles. The van der Waals surface area contributed by atoms with Crippen molar-refractivity contribution in [3.05, 3.63) is 42.6 Å². The number of carbonyl (C=O) groups excluding carboxylic acids is 1. The Morgan fingerprint density at radius 1 is 1.38 bits per heavy atom. The zero-order valence-corrected chi connectivity index (χ0v) is 11.0. The van der Waals surface area contributed by atoms with Crippen LogP contribution in [0.3, 0.4) is 0 Å². The molecule has 0 aromatic carbocycles. The maximum atomic E-state index is 11.9. The van der Waals surface area contributed by atoms with E-state index < -0.39 is 17.9 Å². The number of imidazole rings is 1. The SMILES string of the molecule is O=C(NC(CCO)C(=O)O)c1ccc(-n2ccnc2)nc1. The van der Waals surface area contributed by atoms with Crippen molar-refractivity contribution in [1.82, 2.24) is 19.9 Å². The summed E-state index contributed by atoms with van der Waals surface area (Å²) in [6.07, 6.45) is 6.19. The van der Waals surface area contributed by atoms with E-state index in [0.29, 0.717) is 5.82 Å². The number of aliphatic carboxylic acids is 1. The first-order chi connectivity index (χ1) is 10.1. The third-order valence-corrected chi connectivity index (χ3v) is 2.80. The molecule has 3 N–H and O–H groups in total. The van der Waals surface area contributed by atoms with Gasteiger partial charge in [-0.25, -0.2) is 14.8 Å². The van der Waals surface area contributed by atoms with Crippen LogP contribution in [0.2, 0.25) is 0 Å². The van der Waals surface area contributed by atoms with Crippen LogP contribution in [0.4, 0.5) is 0 Å². The predicted molar refractivity (Wildman–Crippen MR) is 72.0 cm³/mol. The minimum atomic E-state index is -1.19. The number of carboxylic acid groups (broad SMARTS) is 1. The van der Waals surface area contributed by atoms with Crippen molar-refractivity contribution in [2.75, 3.05) is 6.61 Å². The van der Waals surface area contributed by atoms with E-state index in [1.54, 1.807) is 29.4 Å². The highest BCUT2D eigenvalue weighted by Gasteiger charge is 2.20. The Balaban J connectivity index is 2.07. The Morgan fingerprint density at radius 2 is 2.19 bits per heavy atom. The van der Waals surface area contributed by atoms with Gasteiger partial charge in [-0.3, -0.25) is 9.36 Å². The average Bonchev–Trinajstić information content (AvgIpc) is 3.01. The molecule has 1 unspecified atom stereocenters. The number of hydrogen-bond donors (Lipinski definition) is 3. The number of aromatic nitrogens is 3. The molecular weight excluding hydrogens is 276 g/mol. The summed E-state index contributed by atoms with van der Waals surface area (Å²) in [5.41, 5.74) is 0.239. The standard InChI is InChI=1S/C13H14N4O4/c18-6-3-10(13(20)21)16-12(19)9-1-2-11(15-7-9)17-5-4-14-8-17/h1-2,4-5,7-8,10,18H,3,6H2,(H,16,19)(H,20,21). The van der Waals surface area contributed by atoms with Gasteiger partial charge in [0, 0.05) is 31.6 Å². The van der Waals surface area contributed by atoms with Crippen molar-refractivity contribution >= 4 is 11.9 Å². The number of rotatable bonds is 6. The van der Waals surface area contributed by atoms with Gasteiger partial charge in [0.05, 0.1) is 5.56 Å². The third-order valence-electron chi connectivity index (χ3n) is 2.80. The van der Waals surface area contributed by atoms with E-state index >= 15 is 0 Å². The van der Waals surface area contributed by atoms with Crippen LogP contribution in [0.15, 0.2) is 37.1 Å². The Labute approximate surface area is 120 Å². The highest BCUT2D eigenvalue weighted by molar-refractivity contribution is 5.96. The molecule has 0 bridgehead atoms. The number of aliphatic hydroxyl groups excluding tert-OH is 1. The van der Waals surface area contributed by atoms with Crippen molar-refractivity contribution in [1.29, 1.82) is 0 Å². The molecule has 0 radical (unpaired) electrons. The number of carbonyl (C=O) groups is 2. The molecule has 2 rings (SSSR count). The van der Waals surface area contributed by atoms with Crippen LogP contribution in [-0.2, 0) is 4.79 Å². The molecule has 0 saturated heterocycles. The first-order valence-corrected chi connectivity index (χ1v) is 6.20. The van der Waals surface area contributed by atoms with Gasteiger partial charge >= 0.3 is 5.97 Å². The van der Waals surface area contributed by atoms with E-state index in [-0.39, 0.29) is 18.6 Å². The summed E-state index contributed by atoms with van der Waals surface area (Å²) >= 11 is 0. The van der Waals surface area contributed by atoms with Crippen LogP contribution in [0, 0.1) is 0 Å². The quantitative estimate of drug-likeness (QED) is 0.680. The van der Waals surface area contributed by atoms with Gasteiger partial charge in [-0.1, -0.05) is 0 Å². The zero-order chi connectivity index (χ0) is 15.2. The van der Waals surface area contributed by atoms with Crippen molar-refractivity contribution < 1.29 is 19.8 Å². The molecule has 2 aromatic heterocycles. The van der Waals surface area contributed by atoms with Crippen LogP contribution in [0.25, 0.3) is 5.82 Å². The fourth-order valence-electron chi connectivity index (χ4n) is 1.70. The summed E-state index contributed by atoms with van der Waals surface area (Å²) in [5.74, 6) is -1.16. The van der Waals surface area contributed by atoms with E-state index in [1.807, 2.05) is 0 Å². The second-order valence-electron chi connectivity index (χ2n) is 4.25. The van der Waals surface area contributed by atoms with E-state index in [1.165, 1.54) is 12.3 Å². The van der Waals surface area contributed by atoms with Crippen LogP contribution in [-0.4, -0.2) is 49.3 Å². The predicted octanol–water partition coefficient (Wildman–Crippen LogP) is -0.167. The lowest BCUT2D eigenvalue weighted by atomic mass is 10.2. The largest absolute Gasteiger partial charge is 0.480 e. The number of amides is 1. The van der Waals surface area contributed by atoms with Crippen LogP contribution >= 0.6 is 0 Å². The molecule has 21 heavy (non-hydrogen) atoms. The molecule has 0 fully saturated rings. The van der Waals surface area contributed by atoms with Gasteiger partial charge in [0.1, 0.15) is 18.2 Å².